The van der Waals surface area contributed by atoms with Gasteiger partial charge in [0.25, 0.3) is 0 Å². The van der Waals surface area contributed by atoms with Crippen LogP contribution in [0.3, 0.4) is 0 Å². The van der Waals surface area contributed by atoms with Crippen molar-refractivity contribution in [3.63, 3.8) is 0 Å². The maximum absolute atomic E-state index is 14.5. The highest BCUT2D eigenvalue weighted by atomic mass is 19.1. The Hall–Kier alpha value is -3.58. The van der Waals surface area contributed by atoms with Gasteiger partial charge in [0, 0.05) is 30.5 Å². The summed E-state index contributed by atoms with van der Waals surface area (Å²) in [5.41, 5.74) is 1.36. The van der Waals surface area contributed by atoms with Crippen molar-refractivity contribution in [2.24, 2.45) is 5.92 Å². The number of carbonyl (C=O) groups is 2. The average Bonchev–Trinajstić information content (AvgIpc) is 3.66. The van der Waals surface area contributed by atoms with Gasteiger partial charge in [0.15, 0.2) is 6.17 Å². The second kappa shape index (κ2) is 9.28. The van der Waals surface area contributed by atoms with Crippen LogP contribution in [0.5, 0.6) is 5.75 Å². The van der Waals surface area contributed by atoms with Gasteiger partial charge in [0.1, 0.15) is 36.7 Å². The first-order chi connectivity index (χ1) is 15.5. The van der Waals surface area contributed by atoms with Crippen LogP contribution in [0.4, 0.5) is 10.2 Å². The molecule has 1 aliphatic heterocycles. The lowest BCUT2D eigenvalue weighted by molar-refractivity contribution is -0.138. The van der Waals surface area contributed by atoms with Crippen molar-refractivity contribution in [2.75, 3.05) is 25.0 Å². The molecule has 2 atom stereocenters. The van der Waals surface area contributed by atoms with E-state index in [1.165, 1.54) is 11.2 Å². The van der Waals surface area contributed by atoms with Gasteiger partial charge in [-0.25, -0.2) is 14.4 Å². The first-order valence-electron chi connectivity index (χ1n) is 10.3. The monoisotopic (exact) mass is 439 g/mol. The second-order valence-corrected chi connectivity index (χ2v) is 7.83. The number of carbonyl (C=O) groups excluding carboxylic acids is 2. The van der Waals surface area contributed by atoms with Gasteiger partial charge < -0.3 is 20.1 Å². The highest BCUT2D eigenvalue weighted by Gasteiger charge is 2.33. The van der Waals surface area contributed by atoms with Crippen molar-refractivity contribution in [1.82, 2.24) is 14.9 Å². The summed E-state index contributed by atoms with van der Waals surface area (Å²) >= 11 is 0. The SMILES string of the molecule is N#Cc1cc(-c2cc(NC(=O)C3CC3)ncn2)ccc1OC1CCN(C(=O)CO)CC1F. The number of piperidine rings is 1. The zero-order valence-electron chi connectivity index (χ0n) is 17.2. The number of benzene rings is 1. The van der Waals surface area contributed by atoms with Crippen LogP contribution in [-0.4, -0.2) is 63.8 Å². The fourth-order valence-corrected chi connectivity index (χ4v) is 3.54. The molecule has 0 radical (unpaired) electrons. The number of likely N-dealkylation sites (tertiary alicyclic amines) is 1. The molecule has 2 heterocycles. The molecule has 9 nitrogen and oxygen atoms in total. The minimum Gasteiger partial charge on any atom is -0.486 e. The number of amides is 2. The normalized spacial score (nSPS) is 20.3. The van der Waals surface area contributed by atoms with Crippen LogP contribution < -0.4 is 10.1 Å². The molecule has 32 heavy (non-hydrogen) atoms. The molecule has 166 valence electrons. The number of nitrogens with zero attached hydrogens (tertiary/aromatic N) is 4. The molecule has 4 rings (SSSR count). The van der Waals surface area contributed by atoms with Crippen molar-refractivity contribution < 1.29 is 23.8 Å². The quantitative estimate of drug-likeness (QED) is 0.701. The first kappa shape index (κ1) is 21.6. The molecule has 2 unspecified atom stereocenters. The van der Waals surface area contributed by atoms with Crippen LogP contribution in [0.1, 0.15) is 24.8 Å². The lowest BCUT2D eigenvalue weighted by atomic mass is 10.0. The summed E-state index contributed by atoms with van der Waals surface area (Å²) in [6.07, 6.45) is 1.10. The van der Waals surface area contributed by atoms with Crippen LogP contribution in [-0.2, 0) is 9.59 Å². The Morgan fingerprint density at radius 1 is 1.28 bits per heavy atom. The Bertz CT molecular complexity index is 1070. The molecule has 2 amide bonds. The number of nitrogens with one attached hydrogen (secondary N) is 1. The zero-order chi connectivity index (χ0) is 22.7. The standard InChI is InChI=1S/C22H22FN5O4/c23-16-10-28(21(30)11-29)6-5-19(16)32-18-4-3-14(7-15(18)9-24)17-8-20(26-12-25-17)27-22(31)13-1-2-13/h3-4,7-8,12-13,16,19,29H,1-2,5-6,10-11H2,(H,25,26,27,31). The first-order valence-corrected chi connectivity index (χ1v) is 10.3. The average molecular weight is 439 g/mol. The number of anilines is 1. The van der Waals surface area contributed by atoms with E-state index in [0.29, 0.717) is 17.1 Å². The van der Waals surface area contributed by atoms with Crippen molar-refractivity contribution in [3.8, 4) is 23.1 Å². The topological polar surface area (TPSA) is 128 Å². The van der Waals surface area contributed by atoms with Gasteiger partial charge in [-0.1, -0.05) is 0 Å². The van der Waals surface area contributed by atoms with Crippen LogP contribution in [0.2, 0.25) is 0 Å². The number of ether oxygens (including phenoxy) is 1. The molecular formula is C22H22FN5O4. The summed E-state index contributed by atoms with van der Waals surface area (Å²) < 4.78 is 20.3. The maximum atomic E-state index is 14.5. The highest BCUT2D eigenvalue weighted by Crippen LogP contribution is 2.31. The molecule has 1 aliphatic carbocycles. The van der Waals surface area contributed by atoms with Crippen molar-refractivity contribution in [3.05, 3.63) is 36.2 Å². The van der Waals surface area contributed by atoms with Gasteiger partial charge in [-0.3, -0.25) is 9.59 Å². The number of alkyl halides is 1. The molecule has 1 aromatic heterocycles. The van der Waals surface area contributed by atoms with Crippen LogP contribution in [0.15, 0.2) is 30.6 Å². The van der Waals surface area contributed by atoms with E-state index >= 15 is 0 Å². The van der Waals surface area contributed by atoms with Gasteiger partial charge in [0.05, 0.1) is 17.8 Å². The molecule has 10 heteroatoms. The van der Waals surface area contributed by atoms with E-state index in [0.717, 1.165) is 12.8 Å². The van der Waals surface area contributed by atoms with Crippen LogP contribution >= 0.6 is 0 Å². The fourth-order valence-electron chi connectivity index (χ4n) is 3.54. The van der Waals surface area contributed by atoms with Crippen molar-refractivity contribution >= 4 is 17.6 Å². The molecule has 2 aromatic rings. The molecule has 1 saturated carbocycles. The molecule has 1 saturated heterocycles. The zero-order valence-corrected chi connectivity index (χ0v) is 17.2. The number of aliphatic hydroxyl groups excluding tert-OH is 1. The Labute approximate surface area is 183 Å². The lowest BCUT2D eigenvalue weighted by Gasteiger charge is -2.34. The largest absolute Gasteiger partial charge is 0.486 e. The van der Waals surface area contributed by atoms with E-state index in [1.807, 2.05) is 0 Å². The number of aromatic nitrogens is 2. The summed E-state index contributed by atoms with van der Waals surface area (Å²) in [6.45, 7) is -0.561. The molecule has 0 spiro atoms. The number of nitriles is 1. The minimum absolute atomic E-state index is 0.0444. The Kier molecular flexibility index (Phi) is 6.28. The van der Waals surface area contributed by atoms with E-state index in [1.54, 1.807) is 24.3 Å². The fraction of sp³-hybridized carbons (Fsp3) is 0.409. The summed E-state index contributed by atoms with van der Waals surface area (Å²) in [4.78, 5) is 33.1. The minimum atomic E-state index is -1.44. The Balaban J connectivity index is 1.47. The predicted molar refractivity (Wildman–Crippen MR) is 111 cm³/mol. The van der Waals surface area contributed by atoms with E-state index in [4.69, 9.17) is 9.84 Å². The van der Waals surface area contributed by atoms with E-state index in [2.05, 4.69) is 21.4 Å². The summed E-state index contributed by atoms with van der Waals surface area (Å²) in [5.74, 6) is 0.0784. The molecule has 2 aliphatic rings. The summed E-state index contributed by atoms with van der Waals surface area (Å²) in [6, 6.07) is 8.55. The number of hydrogen-bond donors (Lipinski definition) is 2. The molecule has 1 aromatic carbocycles. The molecular weight excluding hydrogens is 417 g/mol. The van der Waals surface area contributed by atoms with E-state index in [-0.39, 0.29) is 42.6 Å². The van der Waals surface area contributed by atoms with Gasteiger partial charge >= 0.3 is 0 Å². The molecule has 2 N–H and O–H groups in total. The number of hydrogen-bond acceptors (Lipinski definition) is 7. The van der Waals surface area contributed by atoms with Crippen molar-refractivity contribution in [1.29, 1.82) is 5.26 Å². The third-order valence-corrected chi connectivity index (χ3v) is 5.51. The molecule has 0 bridgehead atoms. The van der Waals surface area contributed by atoms with Crippen LogP contribution in [0, 0.1) is 17.2 Å². The van der Waals surface area contributed by atoms with Gasteiger partial charge in [-0.05, 0) is 31.0 Å². The molecule has 2 fully saturated rings. The number of aliphatic hydroxyl groups is 1. The third-order valence-electron chi connectivity index (χ3n) is 5.51. The number of rotatable bonds is 6. The third kappa shape index (κ3) is 4.84. The van der Waals surface area contributed by atoms with Gasteiger partial charge in [-0.2, -0.15) is 5.26 Å². The summed E-state index contributed by atoms with van der Waals surface area (Å²) in [7, 11) is 0. The Morgan fingerprint density at radius 2 is 2.09 bits per heavy atom. The summed E-state index contributed by atoms with van der Waals surface area (Å²) in [5, 5.41) is 21.3. The van der Waals surface area contributed by atoms with Crippen molar-refractivity contribution in [2.45, 2.75) is 31.5 Å². The van der Waals surface area contributed by atoms with Crippen LogP contribution in [0.25, 0.3) is 11.3 Å². The highest BCUT2D eigenvalue weighted by molar-refractivity contribution is 5.93. The number of halogens is 1. The van der Waals surface area contributed by atoms with Gasteiger partial charge in [-0.15, -0.1) is 0 Å². The van der Waals surface area contributed by atoms with Gasteiger partial charge in [0.2, 0.25) is 11.8 Å². The predicted octanol–water partition coefficient (Wildman–Crippen LogP) is 1.67. The second-order valence-electron chi connectivity index (χ2n) is 7.83. The Morgan fingerprint density at radius 3 is 2.78 bits per heavy atom. The maximum Gasteiger partial charge on any atom is 0.248 e. The van der Waals surface area contributed by atoms with E-state index in [9.17, 15) is 19.2 Å². The smallest absolute Gasteiger partial charge is 0.248 e. The van der Waals surface area contributed by atoms with E-state index < -0.39 is 24.8 Å². The lowest BCUT2D eigenvalue weighted by Crippen LogP contribution is -2.50.